The van der Waals surface area contributed by atoms with Crippen LogP contribution in [0.1, 0.15) is 29.6 Å². The van der Waals surface area contributed by atoms with E-state index in [1.165, 1.54) is 18.2 Å². The van der Waals surface area contributed by atoms with Crippen LogP contribution in [0.25, 0.3) is 0 Å². The number of ketones is 1. The van der Waals surface area contributed by atoms with E-state index in [2.05, 4.69) is 4.74 Å². The lowest BCUT2D eigenvalue weighted by Gasteiger charge is -2.12. The summed E-state index contributed by atoms with van der Waals surface area (Å²) in [6.07, 6.45) is -0.751. The molecule has 2 nitrogen and oxygen atoms in total. The number of hydrogen-bond acceptors (Lipinski definition) is 2. The first kappa shape index (κ1) is 12.7. The molecule has 0 atom stereocenters. The van der Waals surface area contributed by atoms with Gasteiger partial charge in [-0.15, -0.1) is 13.2 Å². The van der Waals surface area contributed by atoms with Gasteiger partial charge in [-0.1, -0.05) is 18.2 Å². The highest BCUT2D eigenvalue weighted by atomic mass is 19.4. The molecule has 18 heavy (non-hydrogen) atoms. The predicted molar refractivity (Wildman–Crippen MR) is 59.4 cm³/mol. The zero-order chi connectivity index (χ0) is 13.2. The molecule has 0 heterocycles. The Morgan fingerprint density at radius 2 is 1.94 bits per heavy atom. The van der Waals surface area contributed by atoms with Gasteiger partial charge >= 0.3 is 6.36 Å². The molecule has 0 saturated carbocycles. The number of rotatable bonds is 3. The molecule has 96 valence electrons. The molecule has 0 radical (unpaired) electrons. The lowest BCUT2D eigenvalue weighted by Crippen LogP contribution is -2.19. The van der Waals surface area contributed by atoms with Gasteiger partial charge in [0, 0.05) is 0 Å². The summed E-state index contributed by atoms with van der Waals surface area (Å²) >= 11 is 0. The van der Waals surface area contributed by atoms with Crippen LogP contribution in [0.3, 0.4) is 0 Å². The minimum Gasteiger partial charge on any atom is -0.405 e. The van der Waals surface area contributed by atoms with Gasteiger partial charge in [0.2, 0.25) is 0 Å². The number of benzene rings is 1. The summed E-state index contributed by atoms with van der Waals surface area (Å²) in [5.74, 6) is -0.824. The van der Waals surface area contributed by atoms with Crippen molar-refractivity contribution in [3.8, 4) is 5.75 Å². The number of halogens is 3. The largest absolute Gasteiger partial charge is 0.573 e. The summed E-state index contributed by atoms with van der Waals surface area (Å²) in [4.78, 5) is 12.0. The van der Waals surface area contributed by atoms with E-state index in [1.807, 2.05) is 0 Å². The third kappa shape index (κ3) is 2.91. The lowest BCUT2D eigenvalue weighted by atomic mass is 10.0. The molecule has 1 aromatic rings. The van der Waals surface area contributed by atoms with Crippen molar-refractivity contribution in [3.63, 3.8) is 0 Å². The molecule has 0 aromatic heterocycles. The van der Waals surface area contributed by atoms with Gasteiger partial charge < -0.3 is 4.74 Å². The van der Waals surface area contributed by atoms with Gasteiger partial charge in [0.15, 0.2) is 5.78 Å². The topological polar surface area (TPSA) is 26.3 Å². The highest BCUT2D eigenvalue weighted by Crippen LogP contribution is 2.30. The summed E-state index contributed by atoms with van der Waals surface area (Å²) in [5, 5.41) is 0. The average molecular weight is 256 g/mol. The fourth-order valence-corrected chi connectivity index (χ4v) is 1.92. The lowest BCUT2D eigenvalue weighted by molar-refractivity contribution is -0.274. The molecule has 0 saturated heterocycles. The number of allylic oxidation sites excluding steroid dienone is 2. The number of para-hydroxylation sites is 1. The zero-order valence-corrected chi connectivity index (χ0v) is 9.46. The van der Waals surface area contributed by atoms with Gasteiger partial charge in [-0.05, 0) is 37.0 Å². The average Bonchev–Trinajstić information content (AvgIpc) is 2.80. The summed E-state index contributed by atoms with van der Waals surface area (Å²) in [6, 6.07) is 5.42. The molecule has 1 aromatic carbocycles. The van der Waals surface area contributed by atoms with E-state index in [0.29, 0.717) is 12.0 Å². The predicted octanol–water partition coefficient (Wildman–Crippen LogP) is 3.88. The van der Waals surface area contributed by atoms with Crippen molar-refractivity contribution in [3.05, 3.63) is 41.5 Å². The molecule has 1 aliphatic carbocycles. The van der Waals surface area contributed by atoms with Crippen LogP contribution < -0.4 is 4.74 Å². The van der Waals surface area contributed by atoms with E-state index < -0.39 is 12.1 Å². The molecule has 5 heteroatoms. The standard InChI is InChI=1S/C13H11F3O2/c14-13(15,16)18-11-8-4-3-7-10(11)12(17)9-5-1-2-6-9/h3-5,7-8H,1-2,6H2. The Morgan fingerprint density at radius 1 is 1.22 bits per heavy atom. The minimum absolute atomic E-state index is 0.0389. The van der Waals surface area contributed by atoms with Crippen molar-refractivity contribution < 1.29 is 22.7 Å². The van der Waals surface area contributed by atoms with Crippen LogP contribution in [0.4, 0.5) is 13.2 Å². The van der Waals surface area contributed by atoms with E-state index in [4.69, 9.17) is 0 Å². The minimum atomic E-state index is -4.79. The maximum Gasteiger partial charge on any atom is 0.573 e. The molecule has 0 spiro atoms. The molecular weight excluding hydrogens is 245 g/mol. The molecule has 0 N–H and O–H groups in total. The van der Waals surface area contributed by atoms with Crippen LogP contribution in [-0.4, -0.2) is 12.1 Å². The third-order valence-corrected chi connectivity index (χ3v) is 2.69. The number of carbonyl (C=O) groups is 1. The highest BCUT2D eigenvalue weighted by Gasteiger charge is 2.33. The van der Waals surface area contributed by atoms with Gasteiger partial charge in [-0.25, -0.2) is 0 Å². The van der Waals surface area contributed by atoms with Crippen molar-refractivity contribution in [2.24, 2.45) is 0 Å². The second kappa shape index (κ2) is 4.84. The fourth-order valence-electron chi connectivity index (χ4n) is 1.92. The molecule has 0 bridgehead atoms. The third-order valence-electron chi connectivity index (χ3n) is 2.69. The molecule has 0 fully saturated rings. The maximum absolute atomic E-state index is 12.2. The summed E-state index contributed by atoms with van der Waals surface area (Å²) in [6.45, 7) is 0. The van der Waals surface area contributed by atoms with Gasteiger partial charge in [0.25, 0.3) is 0 Å². The number of Topliss-reactive ketones (excluding diaryl/α,β-unsaturated/α-hetero) is 1. The van der Waals surface area contributed by atoms with Crippen molar-refractivity contribution >= 4 is 5.78 Å². The summed E-state index contributed by atoms with van der Waals surface area (Å²) < 4.78 is 40.5. The second-order valence-corrected chi connectivity index (χ2v) is 3.99. The first-order valence-corrected chi connectivity index (χ1v) is 5.56. The van der Waals surface area contributed by atoms with Crippen molar-refractivity contribution in [2.45, 2.75) is 25.6 Å². The number of alkyl halides is 3. The van der Waals surface area contributed by atoms with Crippen LogP contribution in [0.5, 0.6) is 5.75 Å². The van der Waals surface area contributed by atoms with Crippen molar-refractivity contribution in [1.29, 1.82) is 0 Å². The number of ether oxygens (including phenoxy) is 1. The Morgan fingerprint density at radius 3 is 2.56 bits per heavy atom. The van der Waals surface area contributed by atoms with Crippen LogP contribution >= 0.6 is 0 Å². The quantitative estimate of drug-likeness (QED) is 0.767. The van der Waals surface area contributed by atoms with Gasteiger partial charge in [-0.3, -0.25) is 4.79 Å². The Labute approximate surface area is 102 Å². The summed E-state index contributed by atoms with van der Waals surface area (Å²) in [7, 11) is 0. The number of carbonyl (C=O) groups excluding carboxylic acids is 1. The van der Waals surface area contributed by atoms with Crippen LogP contribution in [0.2, 0.25) is 0 Å². The Bertz CT molecular complexity index is 489. The highest BCUT2D eigenvalue weighted by molar-refractivity contribution is 6.10. The Kier molecular flexibility index (Phi) is 3.41. The van der Waals surface area contributed by atoms with E-state index in [9.17, 15) is 18.0 Å². The van der Waals surface area contributed by atoms with Crippen molar-refractivity contribution in [1.82, 2.24) is 0 Å². The number of hydrogen-bond donors (Lipinski definition) is 0. The first-order chi connectivity index (χ1) is 8.47. The van der Waals surface area contributed by atoms with E-state index >= 15 is 0 Å². The molecule has 0 aliphatic heterocycles. The van der Waals surface area contributed by atoms with Crippen LogP contribution in [0, 0.1) is 0 Å². The first-order valence-electron chi connectivity index (χ1n) is 5.56. The molecule has 1 aliphatic rings. The fraction of sp³-hybridized carbons (Fsp3) is 0.308. The molecule has 0 unspecified atom stereocenters. The Balaban J connectivity index is 2.30. The Hall–Kier alpha value is -1.78. The smallest absolute Gasteiger partial charge is 0.405 e. The zero-order valence-electron chi connectivity index (χ0n) is 9.46. The maximum atomic E-state index is 12.2. The van der Waals surface area contributed by atoms with Crippen molar-refractivity contribution in [2.75, 3.05) is 0 Å². The molecule has 2 rings (SSSR count). The second-order valence-electron chi connectivity index (χ2n) is 3.99. The van der Waals surface area contributed by atoms with Crippen LogP contribution in [-0.2, 0) is 0 Å². The van der Waals surface area contributed by atoms with E-state index in [0.717, 1.165) is 18.9 Å². The molecular formula is C13H11F3O2. The molecule has 0 amide bonds. The normalized spacial score (nSPS) is 15.4. The van der Waals surface area contributed by atoms with E-state index in [1.54, 1.807) is 6.08 Å². The van der Waals surface area contributed by atoms with E-state index in [-0.39, 0.29) is 11.3 Å². The van der Waals surface area contributed by atoms with Gasteiger partial charge in [-0.2, -0.15) is 0 Å². The van der Waals surface area contributed by atoms with Crippen LogP contribution in [0.15, 0.2) is 35.9 Å². The van der Waals surface area contributed by atoms with Gasteiger partial charge in [0.1, 0.15) is 5.75 Å². The van der Waals surface area contributed by atoms with Gasteiger partial charge in [0.05, 0.1) is 5.56 Å². The SMILES string of the molecule is O=C(C1=CCCC1)c1ccccc1OC(F)(F)F. The summed E-state index contributed by atoms with van der Waals surface area (Å²) in [5.41, 5.74) is 0.524. The monoisotopic (exact) mass is 256 g/mol.